The number of nitrogens with zero attached hydrogens (tertiary/aromatic N) is 2. The molecule has 0 atom stereocenters. The normalized spacial score (nSPS) is 16.1. The second kappa shape index (κ2) is 6.45. The van der Waals surface area contributed by atoms with Crippen molar-refractivity contribution in [2.75, 3.05) is 11.9 Å². The molecular weight excluding hydrogens is 372 g/mol. The molecular formula is C22H25BrN2. The van der Waals surface area contributed by atoms with E-state index in [2.05, 4.69) is 92.8 Å². The van der Waals surface area contributed by atoms with Crippen LogP contribution in [-0.2, 0) is 0 Å². The minimum Gasteiger partial charge on any atom is -0.365 e. The van der Waals surface area contributed by atoms with Crippen LogP contribution in [0.5, 0.6) is 0 Å². The van der Waals surface area contributed by atoms with E-state index < -0.39 is 0 Å². The second-order valence-corrected chi connectivity index (χ2v) is 8.33. The van der Waals surface area contributed by atoms with Crippen molar-refractivity contribution in [1.29, 1.82) is 0 Å². The summed E-state index contributed by atoms with van der Waals surface area (Å²) in [6.07, 6.45) is 4.31. The monoisotopic (exact) mass is 396 g/mol. The van der Waals surface area contributed by atoms with Crippen molar-refractivity contribution in [2.24, 2.45) is 4.99 Å². The van der Waals surface area contributed by atoms with E-state index in [0.717, 1.165) is 15.7 Å². The van der Waals surface area contributed by atoms with Crippen LogP contribution in [-0.4, -0.2) is 18.8 Å². The van der Waals surface area contributed by atoms with Gasteiger partial charge < -0.3 is 4.90 Å². The number of halogens is 1. The Morgan fingerprint density at radius 3 is 2.48 bits per heavy atom. The van der Waals surface area contributed by atoms with Gasteiger partial charge in [0.25, 0.3) is 0 Å². The first-order valence-corrected chi connectivity index (χ1v) is 9.37. The Bertz CT molecular complexity index is 891. The molecule has 25 heavy (non-hydrogen) atoms. The van der Waals surface area contributed by atoms with Crippen molar-refractivity contribution in [3.63, 3.8) is 0 Å². The molecule has 0 saturated heterocycles. The largest absolute Gasteiger partial charge is 0.365 e. The van der Waals surface area contributed by atoms with E-state index >= 15 is 0 Å². The van der Waals surface area contributed by atoms with Crippen molar-refractivity contribution < 1.29 is 0 Å². The summed E-state index contributed by atoms with van der Waals surface area (Å²) in [7, 11) is 2.17. The molecule has 0 N–H and O–H groups in total. The average Bonchev–Trinajstić information content (AvgIpc) is 2.52. The minimum atomic E-state index is 0.0336. The van der Waals surface area contributed by atoms with Crippen LogP contribution in [0.4, 0.5) is 11.4 Å². The Morgan fingerprint density at radius 2 is 1.80 bits per heavy atom. The Balaban J connectivity index is 2.02. The van der Waals surface area contributed by atoms with E-state index in [-0.39, 0.29) is 5.54 Å². The topological polar surface area (TPSA) is 15.6 Å². The number of benzene rings is 2. The summed E-state index contributed by atoms with van der Waals surface area (Å²) in [5.41, 5.74) is 8.51. The molecule has 0 unspecified atom stereocenters. The van der Waals surface area contributed by atoms with Crippen LogP contribution < -0.4 is 4.90 Å². The molecule has 1 aliphatic heterocycles. The van der Waals surface area contributed by atoms with E-state index in [1.54, 1.807) is 0 Å². The van der Waals surface area contributed by atoms with Crippen LogP contribution in [0.25, 0.3) is 5.57 Å². The van der Waals surface area contributed by atoms with Gasteiger partial charge in [0, 0.05) is 29.0 Å². The number of allylic oxidation sites excluding steroid dienone is 1. The van der Waals surface area contributed by atoms with Crippen molar-refractivity contribution >= 4 is 39.1 Å². The Morgan fingerprint density at radius 1 is 1.08 bits per heavy atom. The Kier molecular flexibility index (Phi) is 4.63. The lowest BCUT2D eigenvalue weighted by molar-refractivity contribution is 0.597. The average molecular weight is 397 g/mol. The molecule has 0 bridgehead atoms. The van der Waals surface area contributed by atoms with Gasteiger partial charge in [0.15, 0.2) is 0 Å². The fourth-order valence-corrected chi connectivity index (χ4v) is 3.91. The number of aryl methyl sites for hydroxylation is 2. The Hall–Kier alpha value is -1.87. The highest BCUT2D eigenvalue weighted by atomic mass is 79.9. The molecule has 0 aliphatic carbocycles. The molecule has 1 aliphatic rings. The number of likely N-dealkylation sites (N-methyl/N-ethyl adjacent to an activating group) is 1. The van der Waals surface area contributed by atoms with Crippen LogP contribution >= 0.6 is 15.9 Å². The van der Waals surface area contributed by atoms with E-state index in [4.69, 9.17) is 4.99 Å². The minimum absolute atomic E-state index is 0.0336. The first-order chi connectivity index (χ1) is 11.7. The molecule has 0 aromatic heterocycles. The summed E-state index contributed by atoms with van der Waals surface area (Å²) in [6, 6.07) is 10.8. The molecule has 0 saturated carbocycles. The van der Waals surface area contributed by atoms with E-state index in [0.29, 0.717) is 0 Å². The van der Waals surface area contributed by atoms with Crippen LogP contribution in [0.3, 0.4) is 0 Å². The third kappa shape index (κ3) is 3.43. The molecule has 3 heteroatoms. The van der Waals surface area contributed by atoms with Crippen LogP contribution in [0.15, 0.2) is 45.9 Å². The summed E-state index contributed by atoms with van der Waals surface area (Å²) in [5, 5.41) is 0. The van der Waals surface area contributed by atoms with Gasteiger partial charge in [-0.25, -0.2) is 0 Å². The molecule has 0 radical (unpaired) electrons. The molecule has 2 aromatic carbocycles. The molecule has 2 nitrogen and oxygen atoms in total. The molecule has 2 aromatic rings. The summed E-state index contributed by atoms with van der Waals surface area (Å²) >= 11 is 3.60. The third-order valence-electron chi connectivity index (χ3n) is 5.05. The molecule has 0 amide bonds. The van der Waals surface area contributed by atoms with Gasteiger partial charge >= 0.3 is 0 Å². The van der Waals surface area contributed by atoms with Gasteiger partial charge in [-0.1, -0.05) is 12.1 Å². The number of hydrogen-bond donors (Lipinski definition) is 0. The molecule has 130 valence electrons. The predicted octanol–water partition coefficient (Wildman–Crippen LogP) is 6.45. The van der Waals surface area contributed by atoms with Gasteiger partial charge in [0.1, 0.15) is 0 Å². The smallest absolute Gasteiger partial charge is 0.0772 e. The second-order valence-electron chi connectivity index (χ2n) is 7.48. The van der Waals surface area contributed by atoms with Crippen LogP contribution in [0.2, 0.25) is 0 Å². The maximum Gasteiger partial charge on any atom is 0.0772 e. The quantitative estimate of drug-likeness (QED) is 0.532. The molecule has 0 spiro atoms. The highest BCUT2D eigenvalue weighted by molar-refractivity contribution is 9.10. The fourth-order valence-electron chi connectivity index (χ4n) is 3.31. The third-order valence-corrected chi connectivity index (χ3v) is 5.69. The highest BCUT2D eigenvalue weighted by Gasteiger charge is 2.28. The van der Waals surface area contributed by atoms with Crippen LogP contribution in [0, 0.1) is 13.8 Å². The lowest BCUT2D eigenvalue weighted by Gasteiger charge is -2.41. The SMILES string of the molecule is CC1=CC(C)(C)N(C)c2cc(C)c(C=Nc3ccc(C)cc3Br)cc21. The number of hydrogen-bond acceptors (Lipinski definition) is 2. The summed E-state index contributed by atoms with van der Waals surface area (Å²) in [4.78, 5) is 7.04. The summed E-state index contributed by atoms with van der Waals surface area (Å²) in [6.45, 7) is 10.9. The lowest BCUT2D eigenvalue weighted by Crippen LogP contribution is -2.42. The predicted molar refractivity (Wildman–Crippen MR) is 113 cm³/mol. The zero-order chi connectivity index (χ0) is 18.4. The fraction of sp³-hybridized carbons (Fsp3) is 0.318. The Labute approximate surface area is 159 Å². The van der Waals surface area contributed by atoms with Crippen molar-refractivity contribution in [3.05, 3.63) is 63.1 Å². The van der Waals surface area contributed by atoms with Gasteiger partial charge in [0.2, 0.25) is 0 Å². The number of rotatable bonds is 2. The van der Waals surface area contributed by atoms with Crippen molar-refractivity contribution in [3.8, 4) is 0 Å². The highest BCUT2D eigenvalue weighted by Crippen LogP contribution is 2.39. The van der Waals surface area contributed by atoms with Crippen molar-refractivity contribution in [1.82, 2.24) is 0 Å². The summed E-state index contributed by atoms with van der Waals surface area (Å²) in [5.74, 6) is 0. The zero-order valence-electron chi connectivity index (χ0n) is 15.8. The van der Waals surface area contributed by atoms with E-state index in [1.807, 2.05) is 12.3 Å². The number of anilines is 1. The lowest BCUT2D eigenvalue weighted by atomic mass is 9.87. The van der Waals surface area contributed by atoms with Gasteiger partial charge in [-0.15, -0.1) is 0 Å². The molecule has 1 heterocycles. The van der Waals surface area contributed by atoms with Crippen molar-refractivity contribution in [2.45, 2.75) is 40.2 Å². The summed E-state index contributed by atoms with van der Waals surface area (Å²) < 4.78 is 1.02. The van der Waals surface area contributed by atoms with Gasteiger partial charge in [-0.2, -0.15) is 0 Å². The first kappa shape index (κ1) is 17.9. The van der Waals surface area contributed by atoms with Gasteiger partial charge in [-0.3, -0.25) is 4.99 Å². The molecule has 3 rings (SSSR count). The van der Waals surface area contributed by atoms with Crippen LogP contribution in [0.1, 0.15) is 43.0 Å². The number of aliphatic imine (C=N–C) groups is 1. The van der Waals surface area contributed by atoms with Gasteiger partial charge in [0.05, 0.1) is 11.2 Å². The standard InChI is InChI=1S/C22H25BrN2/c1-14-7-8-20(19(23)9-14)24-13-17-11-18-16(3)12-22(4,5)25(6)21(18)10-15(17)2/h7-13H,1-6H3. The first-order valence-electron chi connectivity index (χ1n) is 8.57. The van der Waals surface area contributed by atoms with E-state index in [1.165, 1.54) is 28.0 Å². The maximum atomic E-state index is 4.69. The van der Waals surface area contributed by atoms with E-state index in [9.17, 15) is 0 Å². The molecule has 0 fully saturated rings. The zero-order valence-corrected chi connectivity index (χ0v) is 17.4. The maximum absolute atomic E-state index is 4.69. The van der Waals surface area contributed by atoms with Gasteiger partial charge in [-0.05, 0) is 97.1 Å². The number of fused-ring (bicyclic) bond motifs is 1.